The quantitative estimate of drug-likeness (QED) is 0.375. The average Bonchev–Trinajstić information content (AvgIpc) is 2.39. The van der Waals surface area contributed by atoms with Crippen LogP contribution in [-0.2, 0) is 0 Å². The molecule has 0 aliphatic heterocycles. The Morgan fingerprint density at radius 2 is 1.95 bits per heavy atom. The molecule has 0 amide bonds. The molecular weight excluding hydrogens is 478 g/mol. The van der Waals surface area contributed by atoms with Crippen molar-refractivity contribution in [1.29, 1.82) is 0 Å². The van der Waals surface area contributed by atoms with E-state index in [0.717, 1.165) is 5.92 Å². The van der Waals surface area contributed by atoms with Crippen LogP contribution in [0.1, 0.15) is 73.1 Å². The van der Waals surface area contributed by atoms with Crippen molar-refractivity contribution in [1.82, 2.24) is 0 Å². The summed E-state index contributed by atoms with van der Waals surface area (Å²) in [5.41, 5.74) is 4.25. The first-order valence-corrected chi connectivity index (χ1v) is 8.62. The van der Waals surface area contributed by atoms with Gasteiger partial charge in [0.2, 0.25) is 0 Å². The number of fused-ring (bicyclic) bond motifs is 3. The fraction of sp³-hybridized carbons (Fsp3) is 0.750. The minimum absolute atomic E-state index is 0. The molecule has 1 heteroatoms. The van der Waals surface area contributed by atoms with Crippen molar-refractivity contribution in [3.05, 3.63) is 29.2 Å². The summed E-state index contributed by atoms with van der Waals surface area (Å²) in [6.07, 6.45) is 13.3. The van der Waals surface area contributed by atoms with Gasteiger partial charge in [-0.15, -0.1) is 0 Å². The van der Waals surface area contributed by atoms with Gasteiger partial charge in [0, 0.05) is 31.1 Å². The fourth-order valence-corrected chi connectivity index (χ4v) is 5.32. The Hall–Kier alpha value is 0.532. The second-order valence-electron chi connectivity index (χ2n) is 8.27. The third-order valence-electron chi connectivity index (χ3n) is 7.10. The summed E-state index contributed by atoms with van der Waals surface area (Å²) < 4.78 is 0. The van der Waals surface area contributed by atoms with E-state index in [2.05, 4.69) is 46.8 Å². The fourth-order valence-electron chi connectivity index (χ4n) is 5.32. The van der Waals surface area contributed by atoms with E-state index < -0.39 is 0 Å². The molecule has 1 saturated carbocycles. The molecule has 0 aromatic carbocycles. The van der Waals surface area contributed by atoms with Gasteiger partial charge in [-0.05, 0) is 35.2 Å². The van der Waals surface area contributed by atoms with Gasteiger partial charge in [-0.25, -0.2) is 0 Å². The summed E-state index contributed by atoms with van der Waals surface area (Å²) in [6.45, 7) is 12.3. The summed E-state index contributed by atoms with van der Waals surface area (Å²) in [7, 11) is 0. The van der Waals surface area contributed by atoms with Crippen LogP contribution in [-0.4, -0.2) is 0 Å². The van der Waals surface area contributed by atoms with Crippen LogP contribution in [0.4, 0.5) is 0 Å². The third-order valence-corrected chi connectivity index (χ3v) is 7.10. The maximum Gasteiger partial charge on any atom is 0 e. The number of hydrogen-bond donors (Lipinski definition) is 0. The molecule has 0 aromatic heterocycles. The van der Waals surface area contributed by atoms with Crippen molar-refractivity contribution in [2.75, 3.05) is 0 Å². The normalized spacial score (nSPS) is 39.8. The molecule has 3 rings (SSSR count). The molecule has 0 bridgehead atoms. The van der Waals surface area contributed by atoms with E-state index in [1.165, 1.54) is 38.5 Å². The molecule has 0 heterocycles. The van der Waals surface area contributed by atoms with Gasteiger partial charge in [-0.1, -0.05) is 64.7 Å². The molecule has 3 atom stereocenters. The van der Waals surface area contributed by atoms with Crippen LogP contribution in [0.2, 0.25) is 0 Å². The first kappa shape index (κ1) is 17.9. The third kappa shape index (κ3) is 2.66. The van der Waals surface area contributed by atoms with E-state index in [9.17, 15) is 0 Å². The summed E-state index contributed by atoms with van der Waals surface area (Å²) >= 11 is 0. The predicted octanol–water partition coefficient (Wildman–Crippen LogP) is 6.10. The van der Waals surface area contributed by atoms with Gasteiger partial charge in [0.25, 0.3) is 0 Å². The van der Waals surface area contributed by atoms with E-state index in [4.69, 9.17) is 0 Å². The van der Waals surface area contributed by atoms with E-state index in [-0.39, 0.29) is 31.1 Å². The molecule has 0 saturated heterocycles. The van der Waals surface area contributed by atoms with Crippen LogP contribution in [0.15, 0.2) is 23.3 Å². The Morgan fingerprint density at radius 3 is 2.62 bits per heavy atom. The molecule has 116 valence electrons. The maximum absolute atomic E-state index is 2.60. The predicted molar refractivity (Wildman–Crippen MR) is 87.3 cm³/mol. The smallest absolute Gasteiger partial charge is 0 e. The minimum atomic E-state index is 0. The van der Waals surface area contributed by atoms with E-state index >= 15 is 0 Å². The first-order valence-electron chi connectivity index (χ1n) is 8.62. The molecule has 3 aliphatic carbocycles. The maximum atomic E-state index is 2.60. The van der Waals surface area contributed by atoms with E-state index in [1.807, 2.05) is 0 Å². The van der Waals surface area contributed by atoms with Crippen molar-refractivity contribution in [3.63, 3.8) is 0 Å². The van der Waals surface area contributed by atoms with Gasteiger partial charge in [-0.3, -0.25) is 0 Å². The van der Waals surface area contributed by atoms with Crippen molar-refractivity contribution in [2.45, 2.75) is 73.1 Å². The zero-order valence-corrected chi connectivity index (χ0v) is 18.7. The number of hydrogen-bond acceptors (Lipinski definition) is 0. The van der Waals surface area contributed by atoms with Crippen LogP contribution >= 0.6 is 0 Å². The van der Waals surface area contributed by atoms with Gasteiger partial charge < -0.3 is 5.92 Å². The Morgan fingerprint density at radius 1 is 1.24 bits per heavy atom. The molecule has 0 aromatic rings. The Labute approximate surface area is 155 Å². The van der Waals surface area contributed by atoms with Gasteiger partial charge in [0.05, 0.1) is 0 Å². The van der Waals surface area contributed by atoms with E-state index in [0.29, 0.717) is 16.7 Å². The second kappa shape index (κ2) is 6.20. The van der Waals surface area contributed by atoms with Crippen LogP contribution in [0.3, 0.4) is 0 Å². The van der Waals surface area contributed by atoms with Crippen molar-refractivity contribution < 1.29 is 31.1 Å². The zero-order valence-electron chi connectivity index (χ0n) is 14.6. The molecule has 1 fully saturated rings. The molecule has 2 unspecified atom stereocenters. The number of rotatable bonds is 1. The van der Waals surface area contributed by atoms with Gasteiger partial charge in [0.1, 0.15) is 0 Å². The average molecular weight is 509 g/mol. The first-order chi connectivity index (χ1) is 9.38. The van der Waals surface area contributed by atoms with Crippen molar-refractivity contribution >= 4 is 0 Å². The van der Waals surface area contributed by atoms with E-state index in [1.54, 1.807) is 17.1 Å². The summed E-state index contributed by atoms with van der Waals surface area (Å²) in [5, 5.41) is 0. The minimum Gasteiger partial charge on any atom is -0.313 e. The van der Waals surface area contributed by atoms with Crippen LogP contribution < -0.4 is 0 Å². The molecule has 0 nitrogen and oxygen atoms in total. The Kier molecular flexibility index (Phi) is 5.28. The number of allylic oxidation sites excluding steroid dienone is 4. The Bertz CT molecular complexity index is 458. The van der Waals surface area contributed by atoms with Crippen LogP contribution in [0.5, 0.6) is 0 Å². The van der Waals surface area contributed by atoms with Crippen molar-refractivity contribution in [2.24, 2.45) is 22.7 Å². The molecule has 0 N–H and O–H groups in total. The SMILES string of the molecule is C[C-]1CCCC2(C)C1CC=C1C=C(C(C)C)CC[C@@]12C.[U]. The molecule has 0 radical (unpaired) electrons. The topological polar surface area (TPSA) is 0 Å². The zero-order chi connectivity index (χ0) is 14.5. The second-order valence-corrected chi connectivity index (χ2v) is 8.27. The van der Waals surface area contributed by atoms with Gasteiger partial charge >= 0.3 is 0 Å². The van der Waals surface area contributed by atoms with Gasteiger partial charge in [-0.2, -0.15) is 19.3 Å². The monoisotopic (exact) mass is 509 g/mol. The van der Waals surface area contributed by atoms with Crippen LogP contribution in [0, 0.1) is 59.7 Å². The van der Waals surface area contributed by atoms with Gasteiger partial charge in [0.15, 0.2) is 0 Å². The largest absolute Gasteiger partial charge is 0.313 e. The Balaban J connectivity index is 0.00000161. The summed E-state index contributed by atoms with van der Waals surface area (Å²) in [5.74, 6) is 3.32. The summed E-state index contributed by atoms with van der Waals surface area (Å²) in [4.78, 5) is 0. The van der Waals surface area contributed by atoms with Crippen LogP contribution in [0.25, 0.3) is 0 Å². The standard InChI is InChI=1S/C20H31.U/c1-14(2)16-10-12-19(4)17(13-16)8-9-18-15(3)7-6-11-20(18,19)5;/h8,13-14,18H,6-7,9-12H2,1-5H3;/q-1;/t18?,19-,20?;/m0./s1. The molecule has 0 spiro atoms. The van der Waals surface area contributed by atoms with Crippen molar-refractivity contribution in [3.8, 4) is 0 Å². The molecule has 21 heavy (non-hydrogen) atoms. The summed E-state index contributed by atoms with van der Waals surface area (Å²) in [6, 6.07) is 0. The molecule has 3 aliphatic rings. The molecular formula is C20H31U-.